The lowest BCUT2D eigenvalue weighted by atomic mass is 10.0. The second-order valence-corrected chi connectivity index (χ2v) is 8.26. The summed E-state index contributed by atoms with van der Waals surface area (Å²) in [7, 11) is 1.88. The number of carbonyl (C=O) groups is 2. The summed E-state index contributed by atoms with van der Waals surface area (Å²) in [6, 6.07) is 17.5. The van der Waals surface area contributed by atoms with Crippen molar-refractivity contribution in [3.05, 3.63) is 71.4 Å². The van der Waals surface area contributed by atoms with E-state index in [1.807, 2.05) is 66.5 Å². The standard InChI is InChI=1S/C27H34N2O3/c1-4-6-7-11-18-29-26(30)24(22-14-16-23(17-15-22)32-19-5-2)25(27(29)31)28(3)20-21-12-9-8-10-13-21/h8-10,12-17H,4-7,11,18-20H2,1-3H3. The third-order valence-corrected chi connectivity index (χ3v) is 5.64. The maximum atomic E-state index is 13.4. The van der Waals surface area contributed by atoms with E-state index >= 15 is 0 Å². The van der Waals surface area contributed by atoms with Gasteiger partial charge in [0.05, 0.1) is 12.2 Å². The zero-order valence-electron chi connectivity index (χ0n) is 19.5. The second-order valence-electron chi connectivity index (χ2n) is 8.26. The van der Waals surface area contributed by atoms with Crippen LogP contribution in [-0.2, 0) is 16.1 Å². The van der Waals surface area contributed by atoms with Crippen LogP contribution in [0.15, 0.2) is 60.3 Å². The normalized spacial score (nSPS) is 13.8. The molecule has 0 aromatic heterocycles. The second kappa shape index (κ2) is 11.5. The minimum atomic E-state index is -0.205. The lowest BCUT2D eigenvalue weighted by Gasteiger charge is -2.21. The van der Waals surface area contributed by atoms with Crippen molar-refractivity contribution < 1.29 is 14.3 Å². The Balaban J connectivity index is 1.90. The van der Waals surface area contributed by atoms with E-state index in [1.54, 1.807) is 0 Å². The first-order chi connectivity index (χ1) is 15.6. The predicted octanol–water partition coefficient (Wildman–Crippen LogP) is 5.27. The molecular weight excluding hydrogens is 400 g/mol. The molecule has 0 radical (unpaired) electrons. The highest BCUT2D eigenvalue weighted by molar-refractivity contribution is 6.35. The van der Waals surface area contributed by atoms with E-state index in [0.717, 1.165) is 49.0 Å². The van der Waals surface area contributed by atoms with Gasteiger partial charge in [-0.25, -0.2) is 0 Å². The van der Waals surface area contributed by atoms with Gasteiger partial charge >= 0.3 is 0 Å². The van der Waals surface area contributed by atoms with Crippen molar-refractivity contribution >= 4 is 17.4 Å². The summed E-state index contributed by atoms with van der Waals surface area (Å²) in [6.45, 7) is 5.87. The van der Waals surface area contributed by atoms with Crippen molar-refractivity contribution in [2.24, 2.45) is 0 Å². The summed E-state index contributed by atoms with van der Waals surface area (Å²) in [5, 5.41) is 0. The Morgan fingerprint density at radius 1 is 0.844 bits per heavy atom. The summed E-state index contributed by atoms with van der Waals surface area (Å²) in [5.74, 6) is 0.360. The van der Waals surface area contributed by atoms with Crippen molar-refractivity contribution in [1.29, 1.82) is 0 Å². The van der Waals surface area contributed by atoms with E-state index in [9.17, 15) is 9.59 Å². The number of benzene rings is 2. The molecule has 1 aliphatic heterocycles. The smallest absolute Gasteiger partial charge is 0.277 e. The molecule has 2 aromatic carbocycles. The van der Waals surface area contributed by atoms with Gasteiger partial charge in [0.2, 0.25) is 0 Å². The van der Waals surface area contributed by atoms with Crippen molar-refractivity contribution in [3.63, 3.8) is 0 Å². The van der Waals surface area contributed by atoms with Gasteiger partial charge in [-0.1, -0.05) is 75.6 Å². The Morgan fingerprint density at radius 2 is 1.56 bits per heavy atom. The number of rotatable bonds is 12. The Labute approximate surface area is 191 Å². The highest BCUT2D eigenvalue weighted by atomic mass is 16.5. The van der Waals surface area contributed by atoms with Gasteiger partial charge in [0.15, 0.2) is 0 Å². The van der Waals surface area contributed by atoms with Crippen molar-refractivity contribution in [3.8, 4) is 5.75 Å². The van der Waals surface area contributed by atoms with Gasteiger partial charge in [0, 0.05) is 20.1 Å². The summed E-state index contributed by atoms with van der Waals surface area (Å²) in [4.78, 5) is 30.1. The number of ether oxygens (including phenoxy) is 1. The van der Waals surface area contributed by atoms with E-state index in [2.05, 4.69) is 13.8 Å². The number of nitrogens with zero attached hydrogens (tertiary/aromatic N) is 2. The molecular formula is C27H34N2O3. The summed E-state index contributed by atoms with van der Waals surface area (Å²) >= 11 is 0. The van der Waals surface area contributed by atoms with E-state index in [1.165, 1.54) is 4.90 Å². The molecule has 1 heterocycles. The van der Waals surface area contributed by atoms with Crippen LogP contribution in [0.4, 0.5) is 0 Å². The number of unbranched alkanes of at least 4 members (excludes halogenated alkanes) is 3. The third kappa shape index (κ3) is 5.58. The zero-order valence-corrected chi connectivity index (χ0v) is 19.5. The fourth-order valence-electron chi connectivity index (χ4n) is 3.95. The Morgan fingerprint density at radius 3 is 2.22 bits per heavy atom. The first-order valence-electron chi connectivity index (χ1n) is 11.7. The van der Waals surface area contributed by atoms with Crippen molar-refractivity contribution in [2.45, 2.75) is 52.5 Å². The molecule has 1 aliphatic rings. The van der Waals surface area contributed by atoms with Crippen LogP contribution in [0.3, 0.4) is 0 Å². The van der Waals surface area contributed by atoms with Crippen LogP contribution >= 0.6 is 0 Å². The quantitative estimate of drug-likeness (QED) is 0.337. The van der Waals surface area contributed by atoms with E-state index in [0.29, 0.717) is 31.0 Å². The average molecular weight is 435 g/mol. The van der Waals surface area contributed by atoms with Crippen LogP contribution in [0.5, 0.6) is 5.75 Å². The van der Waals surface area contributed by atoms with Crippen LogP contribution in [0.2, 0.25) is 0 Å². The summed E-state index contributed by atoms with van der Waals surface area (Å²) in [6.07, 6.45) is 5.00. The molecule has 170 valence electrons. The molecule has 3 rings (SSSR count). The molecule has 5 heteroatoms. The average Bonchev–Trinajstić information content (AvgIpc) is 3.06. The number of hydrogen-bond acceptors (Lipinski definition) is 4. The van der Waals surface area contributed by atoms with Crippen LogP contribution in [0.25, 0.3) is 5.57 Å². The predicted molar refractivity (Wildman–Crippen MR) is 128 cm³/mol. The van der Waals surface area contributed by atoms with Crippen molar-refractivity contribution in [2.75, 3.05) is 20.2 Å². The molecule has 32 heavy (non-hydrogen) atoms. The third-order valence-electron chi connectivity index (χ3n) is 5.64. The lowest BCUT2D eigenvalue weighted by Crippen LogP contribution is -2.34. The highest BCUT2D eigenvalue weighted by Gasteiger charge is 2.40. The molecule has 5 nitrogen and oxygen atoms in total. The van der Waals surface area contributed by atoms with Gasteiger partial charge in [0.1, 0.15) is 11.4 Å². The van der Waals surface area contributed by atoms with E-state index < -0.39 is 0 Å². The molecule has 0 atom stereocenters. The van der Waals surface area contributed by atoms with Crippen molar-refractivity contribution in [1.82, 2.24) is 9.80 Å². The number of hydrogen-bond donors (Lipinski definition) is 0. The minimum Gasteiger partial charge on any atom is -0.494 e. The Bertz CT molecular complexity index is 935. The zero-order chi connectivity index (χ0) is 22.9. The van der Waals surface area contributed by atoms with Crippen LogP contribution < -0.4 is 4.74 Å². The number of carbonyl (C=O) groups excluding carboxylic acids is 2. The molecule has 0 spiro atoms. The van der Waals surface area contributed by atoms with Gasteiger partial charge in [-0.3, -0.25) is 14.5 Å². The number of likely N-dealkylation sites (N-methyl/N-ethyl adjacent to an activating group) is 1. The molecule has 0 aliphatic carbocycles. The molecule has 0 bridgehead atoms. The largest absolute Gasteiger partial charge is 0.494 e. The van der Waals surface area contributed by atoms with Gasteiger partial charge < -0.3 is 9.64 Å². The molecule has 0 saturated heterocycles. The van der Waals surface area contributed by atoms with Gasteiger partial charge in [-0.2, -0.15) is 0 Å². The maximum absolute atomic E-state index is 13.4. The fraction of sp³-hybridized carbons (Fsp3) is 0.407. The van der Waals surface area contributed by atoms with Gasteiger partial charge in [0.25, 0.3) is 11.8 Å². The fourth-order valence-corrected chi connectivity index (χ4v) is 3.95. The number of imide groups is 1. The Kier molecular flexibility index (Phi) is 8.48. The van der Waals surface area contributed by atoms with Crippen LogP contribution in [-0.4, -0.2) is 41.8 Å². The number of amides is 2. The first-order valence-corrected chi connectivity index (χ1v) is 11.7. The summed E-state index contributed by atoms with van der Waals surface area (Å²) < 4.78 is 5.68. The molecule has 2 amide bonds. The molecule has 2 aromatic rings. The van der Waals surface area contributed by atoms with E-state index in [4.69, 9.17) is 4.74 Å². The maximum Gasteiger partial charge on any atom is 0.277 e. The Hall–Kier alpha value is -3.08. The van der Waals surface area contributed by atoms with Gasteiger partial charge in [-0.15, -0.1) is 0 Å². The van der Waals surface area contributed by atoms with Gasteiger partial charge in [-0.05, 0) is 36.1 Å². The topological polar surface area (TPSA) is 49.9 Å². The minimum absolute atomic E-state index is 0.203. The van der Waals surface area contributed by atoms with Crippen LogP contribution in [0.1, 0.15) is 57.1 Å². The molecule has 0 saturated carbocycles. The monoisotopic (exact) mass is 434 g/mol. The molecule has 0 fully saturated rings. The molecule has 0 unspecified atom stereocenters. The highest BCUT2D eigenvalue weighted by Crippen LogP contribution is 2.33. The molecule has 0 N–H and O–H groups in total. The summed E-state index contributed by atoms with van der Waals surface area (Å²) in [5.41, 5.74) is 2.78. The van der Waals surface area contributed by atoms with Crippen LogP contribution in [0, 0.1) is 0 Å². The lowest BCUT2D eigenvalue weighted by molar-refractivity contribution is -0.137. The SMILES string of the molecule is CCCCCCN1C(=O)C(c2ccc(OCCC)cc2)=C(N(C)Cc2ccccc2)C1=O. The van der Waals surface area contributed by atoms with E-state index in [-0.39, 0.29) is 11.8 Å². The first kappa shape index (κ1) is 23.6.